The van der Waals surface area contributed by atoms with Crippen molar-refractivity contribution in [3.8, 4) is 0 Å². The van der Waals surface area contributed by atoms with E-state index in [1.807, 2.05) is 0 Å². The van der Waals surface area contributed by atoms with Gasteiger partial charge in [0.25, 0.3) is 0 Å². The molecule has 0 aromatic rings. The zero-order chi connectivity index (χ0) is 11.3. The van der Waals surface area contributed by atoms with Gasteiger partial charge in [0.1, 0.15) is 6.10 Å². The summed E-state index contributed by atoms with van der Waals surface area (Å²) in [6, 6.07) is 0. The molecule has 3 unspecified atom stereocenters. The lowest BCUT2D eigenvalue weighted by Gasteiger charge is -2.38. The maximum absolute atomic E-state index is 11.4. The minimum Gasteiger partial charge on any atom is -0.461 e. The predicted molar refractivity (Wildman–Crippen MR) is 68.0 cm³/mol. The topological polar surface area (TPSA) is 26.3 Å². The van der Waals surface area contributed by atoms with E-state index < -0.39 is 0 Å². The molecular formula is C12H19IO2. The van der Waals surface area contributed by atoms with Gasteiger partial charge in [-0.3, -0.25) is 4.79 Å². The molecule has 2 rings (SSSR count). The zero-order valence-corrected chi connectivity index (χ0v) is 11.8. The number of halogens is 1. The van der Waals surface area contributed by atoms with Gasteiger partial charge >= 0.3 is 5.97 Å². The average molecular weight is 322 g/mol. The van der Waals surface area contributed by atoms with Crippen LogP contribution in [0.3, 0.4) is 0 Å². The van der Waals surface area contributed by atoms with E-state index in [0.717, 1.165) is 12.3 Å². The van der Waals surface area contributed by atoms with Crippen LogP contribution in [0.2, 0.25) is 0 Å². The normalized spacial score (nSPS) is 41.9. The van der Waals surface area contributed by atoms with Crippen LogP contribution >= 0.6 is 22.6 Å². The Hall–Kier alpha value is 0.200. The Labute approximate surface area is 105 Å². The Bertz CT molecular complexity index is 287. The third-order valence-corrected chi connectivity index (χ3v) is 5.72. The highest BCUT2D eigenvalue weighted by molar-refractivity contribution is 14.1. The van der Waals surface area contributed by atoms with Gasteiger partial charge in [-0.2, -0.15) is 0 Å². The number of carbonyl (C=O) groups excluding carboxylic acids is 1. The molecule has 3 heteroatoms. The molecule has 0 aliphatic heterocycles. The van der Waals surface area contributed by atoms with Gasteiger partial charge in [0.2, 0.25) is 0 Å². The lowest BCUT2D eigenvalue weighted by atomic mass is 9.70. The van der Waals surface area contributed by atoms with Gasteiger partial charge in [0.15, 0.2) is 0 Å². The van der Waals surface area contributed by atoms with Crippen LogP contribution in [-0.4, -0.2) is 16.5 Å². The molecule has 0 N–H and O–H groups in total. The highest BCUT2D eigenvalue weighted by Gasteiger charge is 2.62. The zero-order valence-electron chi connectivity index (χ0n) is 9.68. The molecule has 86 valence electrons. The fraction of sp³-hybridized carbons (Fsp3) is 0.917. The van der Waals surface area contributed by atoms with Crippen LogP contribution in [0.25, 0.3) is 0 Å². The molecule has 2 bridgehead atoms. The van der Waals surface area contributed by atoms with E-state index in [-0.39, 0.29) is 17.5 Å². The number of alkyl halides is 1. The Balaban J connectivity index is 2.15. The number of carbonyl (C=O) groups is 1. The van der Waals surface area contributed by atoms with Crippen molar-refractivity contribution < 1.29 is 9.53 Å². The lowest BCUT2D eigenvalue weighted by Crippen LogP contribution is -2.38. The van der Waals surface area contributed by atoms with Gasteiger partial charge in [-0.1, -0.05) is 43.4 Å². The van der Waals surface area contributed by atoms with Crippen LogP contribution in [0, 0.1) is 16.7 Å². The molecule has 0 heterocycles. The number of rotatable bonds is 2. The van der Waals surface area contributed by atoms with E-state index in [9.17, 15) is 4.79 Å². The molecule has 2 aliphatic rings. The van der Waals surface area contributed by atoms with E-state index >= 15 is 0 Å². The minimum atomic E-state index is -0.0508. The van der Waals surface area contributed by atoms with Crippen molar-refractivity contribution in [2.45, 2.75) is 46.1 Å². The molecule has 2 nitrogen and oxygen atoms in total. The van der Waals surface area contributed by atoms with Crippen molar-refractivity contribution in [1.29, 1.82) is 0 Å². The third kappa shape index (κ3) is 1.53. The fourth-order valence-corrected chi connectivity index (χ4v) is 3.68. The van der Waals surface area contributed by atoms with Gasteiger partial charge in [-0.25, -0.2) is 0 Å². The van der Waals surface area contributed by atoms with Gasteiger partial charge in [0, 0.05) is 5.41 Å². The fourth-order valence-electron chi connectivity index (χ4n) is 3.50. The van der Waals surface area contributed by atoms with E-state index in [1.54, 1.807) is 0 Å². The first-order valence-corrected chi connectivity index (χ1v) is 7.20. The van der Waals surface area contributed by atoms with Gasteiger partial charge in [0.05, 0.1) is 4.43 Å². The van der Waals surface area contributed by atoms with Crippen LogP contribution in [0.15, 0.2) is 0 Å². The molecule has 0 saturated heterocycles. The van der Waals surface area contributed by atoms with E-state index in [1.165, 1.54) is 12.8 Å². The minimum absolute atomic E-state index is 0.0508. The molecule has 0 radical (unpaired) electrons. The van der Waals surface area contributed by atoms with Crippen molar-refractivity contribution in [3.63, 3.8) is 0 Å². The number of hydrogen-bond donors (Lipinski definition) is 0. The second kappa shape index (κ2) is 3.60. The summed E-state index contributed by atoms with van der Waals surface area (Å²) in [5, 5.41) is 0. The number of ether oxygens (including phenoxy) is 1. The van der Waals surface area contributed by atoms with Crippen molar-refractivity contribution >= 4 is 28.6 Å². The molecule has 3 atom stereocenters. The Morgan fingerprint density at radius 2 is 2.13 bits per heavy atom. The maximum atomic E-state index is 11.4. The number of esters is 1. The summed E-state index contributed by atoms with van der Waals surface area (Å²) >= 11 is 2.07. The largest absolute Gasteiger partial charge is 0.461 e. The van der Waals surface area contributed by atoms with Crippen LogP contribution in [0.5, 0.6) is 0 Å². The summed E-state index contributed by atoms with van der Waals surface area (Å²) < 4.78 is 6.05. The summed E-state index contributed by atoms with van der Waals surface area (Å²) in [7, 11) is 0. The average Bonchev–Trinajstić information content (AvgIpc) is 2.50. The summed E-state index contributed by atoms with van der Waals surface area (Å²) in [6.45, 7) is 6.97. The number of hydrogen-bond acceptors (Lipinski definition) is 2. The number of fused-ring (bicyclic) bond motifs is 2. The van der Waals surface area contributed by atoms with Crippen molar-refractivity contribution in [2.24, 2.45) is 16.7 Å². The second-order valence-electron chi connectivity index (χ2n) is 5.72. The summed E-state index contributed by atoms with van der Waals surface area (Å²) in [4.78, 5) is 11.4. The summed E-state index contributed by atoms with van der Waals surface area (Å²) in [5.41, 5.74) is 0.544. The first kappa shape index (κ1) is 11.7. The van der Waals surface area contributed by atoms with Gasteiger partial charge in [-0.05, 0) is 30.6 Å². The van der Waals surface area contributed by atoms with Crippen molar-refractivity contribution in [1.82, 2.24) is 0 Å². The molecule has 2 saturated carbocycles. The highest BCUT2D eigenvalue weighted by atomic mass is 127. The molecule has 0 spiro atoms. The van der Waals surface area contributed by atoms with E-state index in [4.69, 9.17) is 4.74 Å². The summed E-state index contributed by atoms with van der Waals surface area (Å²) in [6.07, 6.45) is 3.76. The first-order valence-electron chi connectivity index (χ1n) is 5.67. The van der Waals surface area contributed by atoms with Gasteiger partial charge < -0.3 is 4.74 Å². The second-order valence-corrected chi connectivity index (χ2v) is 6.49. The highest BCUT2D eigenvalue weighted by Crippen LogP contribution is 2.66. The molecule has 15 heavy (non-hydrogen) atoms. The lowest BCUT2D eigenvalue weighted by molar-refractivity contribution is -0.153. The van der Waals surface area contributed by atoms with Crippen LogP contribution < -0.4 is 0 Å². The Morgan fingerprint density at radius 3 is 2.53 bits per heavy atom. The van der Waals surface area contributed by atoms with Crippen molar-refractivity contribution in [2.75, 3.05) is 4.43 Å². The molecular weight excluding hydrogens is 303 g/mol. The van der Waals surface area contributed by atoms with Crippen LogP contribution in [0.1, 0.15) is 40.0 Å². The Morgan fingerprint density at radius 1 is 1.47 bits per heavy atom. The van der Waals surface area contributed by atoms with Crippen LogP contribution in [0.4, 0.5) is 0 Å². The van der Waals surface area contributed by atoms with E-state index in [2.05, 4.69) is 43.4 Å². The molecule has 0 aromatic carbocycles. The molecule has 0 amide bonds. The standard InChI is InChI=1S/C12H19IO2/c1-11(2)8-4-5-12(11,3)9(6-8)15-10(14)7-13/h8-9H,4-7H2,1-3H3. The molecule has 2 aliphatic carbocycles. The molecule has 2 fully saturated rings. The third-order valence-electron chi connectivity index (χ3n) is 5.10. The summed E-state index contributed by atoms with van der Waals surface area (Å²) in [5.74, 6) is 0.694. The SMILES string of the molecule is CC1(C)C2CCC1(C)C(OC(=O)CI)C2. The molecule has 0 aromatic heterocycles. The Kier molecular flexibility index (Phi) is 2.81. The first-order chi connectivity index (χ1) is 6.91. The van der Waals surface area contributed by atoms with Crippen LogP contribution in [-0.2, 0) is 9.53 Å². The van der Waals surface area contributed by atoms with Gasteiger partial charge in [-0.15, -0.1) is 0 Å². The quantitative estimate of drug-likeness (QED) is 0.443. The predicted octanol–water partition coefficient (Wildman–Crippen LogP) is 3.18. The smallest absolute Gasteiger partial charge is 0.316 e. The van der Waals surface area contributed by atoms with Crippen molar-refractivity contribution in [3.05, 3.63) is 0 Å². The van der Waals surface area contributed by atoms with E-state index in [0.29, 0.717) is 9.84 Å². The monoisotopic (exact) mass is 322 g/mol. The maximum Gasteiger partial charge on any atom is 0.316 e.